The Morgan fingerprint density at radius 3 is 2.48 bits per heavy atom. The second-order valence-electron chi connectivity index (χ2n) is 6.10. The lowest BCUT2D eigenvalue weighted by Crippen LogP contribution is -2.50. The van der Waals surface area contributed by atoms with Gasteiger partial charge in [-0.2, -0.15) is 0 Å². The van der Waals surface area contributed by atoms with Crippen LogP contribution in [-0.2, 0) is 5.60 Å². The van der Waals surface area contributed by atoms with Crippen molar-refractivity contribution in [1.29, 1.82) is 0 Å². The van der Waals surface area contributed by atoms with Crippen molar-refractivity contribution in [2.24, 2.45) is 5.92 Å². The maximum absolute atomic E-state index is 12.5. The van der Waals surface area contributed by atoms with Gasteiger partial charge in [0.2, 0.25) is 0 Å². The SMILES string of the molecule is CNNC(=C[NH3+])C(O)(c1ccc2c(Cl)c(OC(F)(F)F)ccc2n1)C(C)C. The van der Waals surface area contributed by atoms with Crippen LogP contribution >= 0.6 is 11.6 Å². The fraction of sp³-hybridized carbons (Fsp3) is 0.353. The number of benzene rings is 1. The van der Waals surface area contributed by atoms with Gasteiger partial charge in [0.1, 0.15) is 17.6 Å². The molecule has 6 nitrogen and oxygen atoms in total. The maximum atomic E-state index is 12.5. The molecule has 148 valence electrons. The molecule has 1 aromatic heterocycles. The highest BCUT2D eigenvalue weighted by molar-refractivity contribution is 6.36. The molecule has 2 aromatic rings. The van der Waals surface area contributed by atoms with Crippen LogP contribution in [0.5, 0.6) is 5.75 Å². The Balaban J connectivity index is 2.59. The zero-order valence-corrected chi connectivity index (χ0v) is 15.7. The molecule has 0 radical (unpaired) electrons. The number of nitrogens with one attached hydrogen (secondary N) is 2. The predicted octanol–water partition coefficient (Wildman–Crippen LogP) is 2.44. The van der Waals surface area contributed by atoms with E-state index in [2.05, 4.69) is 26.3 Å². The van der Waals surface area contributed by atoms with Gasteiger partial charge in [-0.05, 0) is 30.2 Å². The molecule has 1 aromatic carbocycles. The van der Waals surface area contributed by atoms with E-state index in [-0.39, 0.29) is 16.3 Å². The second kappa shape index (κ2) is 7.89. The summed E-state index contributed by atoms with van der Waals surface area (Å²) in [5.41, 5.74) is 8.76. The minimum atomic E-state index is -4.85. The van der Waals surface area contributed by atoms with E-state index >= 15 is 0 Å². The van der Waals surface area contributed by atoms with Crippen molar-refractivity contribution < 1.29 is 28.7 Å². The second-order valence-corrected chi connectivity index (χ2v) is 6.48. The van der Waals surface area contributed by atoms with Gasteiger partial charge in [-0.15, -0.1) is 13.2 Å². The average Bonchev–Trinajstić information content (AvgIpc) is 2.60. The lowest BCUT2D eigenvalue weighted by Gasteiger charge is -2.33. The van der Waals surface area contributed by atoms with Crippen LogP contribution in [0.15, 0.2) is 36.2 Å². The number of fused-ring (bicyclic) bond motifs is 1. The molecule has 1 atom stereocenters. The first-order valence-electron chi connectivity index (χ1n) is 8.05. The van der Waals surface area contributed by atoms with Crippen molar-refractivity contribution in [2.75, 3.05) is 7.05 Å². The van der Waals surface area contributed by atoms with Gasteiger partial charge >= 0.3 is 6.36 Å². The van der Waals surface area contributed by atoms with E-state index in [0.717, 1.165) is 6.07 Å². The molecule has 0 spiro atoms. The monoisotopic (exact) mass is 405 g/mol. The zero-order valence-electron chi connectivity index (χ0n) is 15.0. The molecule has 0 saturated carbocycles. The fourth-order valence-corrected chi connectivity index (χ4v) is 3.01. The van der Waals surface area contributed by atoms with Crippen molar-refractivity contribution in [3.63, 3.8) is 0 Å². The Kier molecular flexibility index (Phi) is 6.21. The van der Waals surface area contributed by atoms with Crippen LogP contribution in [0.1, 0.15) is 19.5 Å². The number of ether oxygens (including phenoxy) is 1. The number of hydrazine groups is 1. The summed E-state index contributed by atoms with van der Waals surface area (Å²) in [5, 5.41) is 11.4. The van der Waals surface area contributed by atoms with E-state index in [1.165, 1.54) is 24.4 Å². The van der Waals surface area contributed by atoms with Gasteiger partial charge in [-0.3, -0.25) is 0 Å². The van der Waals surface area contributed by atoms with Gasteiger partial charge in [0.05, 0.1) is 16.2 Å². The van der Waals surface area contributed by atoms with Gasteiger partial charge in [0.15, 0.2) is 5.60 Å². The van der Waals surface area contributed by atoms with Crippen molar-refractivity contribution in [1.82, 2.24) is 15.8 Å². The molecular weight excluding hydrogens is 385 g/mol. The number of quaternary nitrogens is 1. The largest absolute Gasteiger partial charge is 0.573 e. The summed E-state index contributed by atoms with van der Waals surface area (Å²) in [5.74, 6) is -0.805. The van der Waals surface area contributed by atoms with Crippen LogP contribution in [0.2, 0.25) is 5.02 Å². The lowest BCUT2D eigenvalue weighted by molar-refractivity contribution is -0.279. The van der Waals surface area contributed by atoms with Gasteiger partial charge in [-0.1, -0.05) is 25.4 Å². The van der Waals surface area contributed by atoms with Crippen LogP contribution in [0.25, 0.3) is 10.9 Å². The van der Waals surface area contributed by atoms with Crippen LogP contribution in [0.3, 0.4) is 0 Å². The Morgan fingerprint density at radius 1 is 1.30 bits per heavy atom. The quantitative estimate of drug-likeness (QED) is 0.554. The Hall–Kier alpha value is -2.07. The van der Waals surface area contributed by atoms with Gasteiger partial charge in [0.25, 0.3) is 0 Å². The first kappa shape index (κ1) is 21.2. The molecule has 6 N–H and O–H groups in total. The summed E-state index contributed by atoms with van der Waals surface area (Å²) < 4.78 is 41.3. The van der Waals surface area contributed by atoms with Crippen LogP contribution in [-0.4, -0.2) is 23.5 Å². The smallest absolute Gasteiger partial charge is 0.404 e. The fourth-order valence-electron chi connectivity index (χ4n) is 2.75. The van der Waals surface area contributed by atoms with E-state index in [9.17, 15) is 18.3 Å². The molecule has 0 aliphatic carbocycles. The summed E-state index contributed by atoms with van der Waals surface area (Å²) in [6.07, 6.45) is -3.38. The van der Waals surface area contributed by atoms with Crippen molar-refractivity contribution in [3.05, 3.63) is 46.9 Å². The highest BCUT2D eigenvalue weighted by atomic mass is 35.5. The summed E-state index contributed by atoms with van der Waals surface area (Å²) in [7, 11) is 1.64. The molecule has 2 rings (SSSR count). The molecule has 0 fully saturated rings. The van der Waals surface area contributed by atoms with E-state index in [1.807, 2.05) is 0 Å². The highest BCUT2D eigenvalue weighted by Crippen LogP contribution is 2.38. The molecule has 27 heavy (non-hydrogen) atoms. The highest BCUT2D eigenvalue weighted by Gasteiger charge is 2.40. The van der Waals surface area contributed by atoms with Gasteiger partial charge in [-0.25, -0.2) is 10.4 Å². The van der Waals surface area contributed by atoms with Crippen LogP contribution < -0.4 is 21.3 Å². The summed E-state index contributed by atoms with van der Waals surface area (Å²) in [6, 6.07) is 5.45. The zero-order chi connectivity index (χ0) is 20.4. The van der Waals surface area contributed by atoms with Crippen molar-refractivity contribution >= 4 is 22.5 Å². The molecule has 0 saturated heterocycles. The summed E-state index contributed by atoms with van der Waals surface area (Å²) in [4.78, 5) is 4.41. The lowest BCUT2D eigenvalue weighted by atomic mass is 9.83. The van der Waals surface area contributed by atoms with Crippen LogP contribution in [0.4, 0.5) is 13.2 Å². The van der Waals surface area contributed by atoms with Crippen molar-refractivity contribution in [3.8, 4) is 5.75 Å². The number of pyridine rings is 1. The molecule has 1 unspecified atom stereocenters. The molecule has 10 heteroatoms. The molecule has 0 amide bonds. The summed E-state index contributed by atoms with van der Waals surface area (Å²) >= 11 is 6.05. The minimum Gasteiger partial charge on any atom is -0.404 e. The first-order valence-corrected chi connectivity index (χ1v) is 8.42. The molecule has 0 aliphatic rings. The third-order valence-electron chi connectivity index (χ3n) is 4.10. The number of alkyl halides is 3. The Labute approximate surface area is 159 Å². The average molecular weight is 406 g/mol. The Bertz CT molecular complexity index is 858. The van der Waals surface area contributed by atoms with Crippen molar-refractivity contribution in [2.45, 2.75) is 25.8 Å². The van der Waals surface area contributed by atoms with E-state index in [0.29, 0.717) is 16.9 Å². The standard InChI is InChI=1S/C17H20ClF3N4O2/c1-9(2)16(26,14(8-22)25-23-3)13-7-4-10-11(24-13)5-6-12(15(10)18)27-17(19,20)21/h4-9,23,25-26H,22H2,1-3H3/p+1. The van der Waals surface area contributed by atoms with Crippen LogP contribution in [0, 0.1) is 5.92 Å². The number of nitrogens with zero attached hydrogens (tertiary/aromatic N) is 1. The first-order chi connectivity index (χ1) is 12.5. The topological polar surface area (TPSA) is 94.1 Å². The number of hydrogen-bond acceptors (Lipinski definition) is 5. The number of aromatic nitrogens is 1. The number of hydrogen-bond donors (Lipinski definition) is 4. The van der Waals surface area contributed by atoms with Gasteiger partial charge < -0.3 is 21.0 Å². The normalized spacial score (nSPS) is 15.1. The van der Waals surface area contributed by atoms with E-state index < -0.39 is 17.7 Å². The van der Waals surface area contributed by atoms with E-state index in [4.69, 9.17) is 11.6 Å². The third kappa shape index (κ3) is 4.27. The molecule has 0 bridgehead atoms. The summed E-state index contributed by atoms with van der Waals surface area (Å²) in [6.45, 7) is 3.61. The maximum Gasteiger partial charge on any atom is 0.573 e. The predicted molar refractivity (Wildman–Crippen MR) is 95.3 cm³/mol. The van der Waals surface area contributed by atoms with Gasteiger partial charge in [0, 0.05) is 12.4 Å². The number of rotatable bonds is 6. The number of aliphatic hydroxyl groups is 1. The molecule has 0 aliphatic heterocycles. The number of halogens is 4. The third-order valence-corrected chi connectivity index (χ3v) is 4.49. The molecule has 1 heterocycles. The Morgan fingerprint density at radius 2 is 1.96 bits per heavy atom. The van der Waals surface area contributed by atoms with E-state index in [1.54, 1.807) is 20.9 Å². The minimum absolute atomic E-state index is 0.210. The molecular formula is C17H21ClF3N4O2+.